The van der Waals surface area contributed by atoms with Gasteiger partial charge in [-0.25, -0.2) is 0 Å². The smallest absolute Gasteiger partial charge is 0.303 e. The van der Waals surface area contributed by atoms with Crippen LogP contribution in [0.5, 0.6) is 0 Å². The third-order valence-electron chi connectivity index (χ3n) is 5.26. The van der Waals surface area contributed by atoms with Gasteiger partial charge in [0.2, 0.25) is 5.91 Å². The number of carbonyl (C=O) groups is 3. The molecule has 0 aromatic heterocycles. The molecule has 1 unspecified atom stereocenters. The van der Waals surface area contributed by atoms with Crippen LogP contribution in [0.1, 0.15) is 102 Å². The molecule has 1 atom stereocenters. The molecule has 0 spiro atoms. The van der Waals surface area contributed by atoms with Crippen molar-refractivity contribution in [1.29, 1.82) is 0 Å². The van der Waals surface area contributed by atoms with Crippen LogP contribution >= 0.6 is 0 Å². The quantitative estimate of drug-likeness (QED) is 0.369. The van der Waals surface area contributed by atoms with Crippen molar-refractivity contribution in [3.8, 4) is 0 Å². The van der Waals surface area contributed by atoms with Crippen molar-refractivity contribution in [2.24, 2.45) is 16.2 Å². The van der Waals surface area contributed by atoms with Gasteiger partial charge < -0.3 is 14.8 Å². The maximum Gasteiger partial charge on any atom is 0.303 e. The lowest BCUT2D eigenvalue weighted by molar-refractivity contribution is -0.156. The molecular formula is C24H45NO5. The fraction of sp³-hybridized carbons (Fsp3) is 0.875. The van der Waals surface area contributed by atoms with E-state index in [9.17, 15) is 14.4 Å². The molecule has 0 bridgehead atoms. The lowest BCUT2D eigenvalue weighted by Gasteiger charge is -2.45. The second kappa shape index (κ2) is 9.69. The predicted molar refractivity (Wildman–Crippen MR) is 120 cm³/mol. The number of amides is 1. The number of nitrogens with one attached hydrogen (secondary N) is 1. The van der Waals surface area contributed by atoms with E-state index in [1.165, 1.54) is 6.92 Å². The van der Waals surface area contributed by atoms with E-state index in [1.54, 1.807) is 0 Å². The van der Waals surface area contributed by atoms with Crippen LogP contribution in [0, 0.1) is 16.2 Å². The van der Waals surface area contributed by atoms with E-state index in [-0.39, 0.29) is 28.7 Å². The molecule has 0 aromatic rings. The second-order valence-corrected chi connectivity index (χ2v) is 12.3. The summed E-state index contributed by atoms with van der Waals surface area (Å²) in [4.78, 5) is 35.3. The minimum Gasteiger partial charge on any atom is -0.462 e. The average Bonchev–Trinajstić information content (AvgIpc) is 2.40. The molecule has 0 rings (SSSR count). The zero-order valence-corrected chi connectivity index (χ0v) is 21.3. The van der Waals surface area contributed by atoms with Gasteiger partial charge in [-0.2, -0.15) is 0 Å². The van der Waals surface area contributed by atoms with Gasteiger partial charge in [0.25, 0.3) is 6.47 Å². The fourth-order valence-electron chi connectivity index (χ4n) is 4.49. The average molecular weight is 428 g/mol. The normalized spacial score (nSPS) is 14.7. The first kappa shape index (κ1) is 28.4. The highest BCUT2D eigenvalue weighted by Crippen LogP contribution is 2.41. The number of hydrogen-bond acceptors (Lipinski definition) is 5. The summed E-state index contributed by atoms with van der Waals surface area (Å²) in [5.74, 6) is -0.328. The molecular weight excluding hydrogens is 382 g/mol. The lowest BCUT2D eigenvalue weighted by atomic mass is 9.68. The minimum absolute atomic E-state index is 0.0234. The third-order valence-corrected chi connectivity index (χ3v) is 5.26. The van der Waals surface area contributed by atoms with E-state index < -0.39 is 16.6 Å². The Labute approximate surface area is 183 Å². The first-order valence-electron chi connectivity index (χ1n) is 10.7. The Morgan fingerprint density at radius 1 is 0.867 bits per heavy atom. The van der Waals surface area contributed by atoms with Crippen LogP contribution in [0.25, 0.3) is 0 Å². The van der Waals surface area contributed by atoms with Crippen molar-refractivity contribution >= 4 is 18.3 Å². The van der Waals surface area contributed by atoms with Crippen LogP contribution in [-0.4, -0.2) is 35.6 Å². The monoisotopic (exact) mass is 427 g/mol. The van der Waals surface area contributed by atoms with Crippen LogP contribution in [0.2, 0.25) is 0 Å². The van der Waals surface area contributed by atoms with Crippen LogP contribution in [-0.2, 0) is 23.9 Å². The highest BCUT2D eigenvalue weighted by atomic mass is 16.6. The molecule has 176 valence electrons. The number of rotatable bonds is 11. The molecule has 6 heteroatoms. The molecule has 0 aliphatic carbocycles. The molecule has 0 radical (unpaired) electrons. The molecule has 0 aliphatic heterocycles. The highest BCUT2D eigenvalue weighted by molar-refractivity contribution is 5.81. The summed E-state index contributed by atoms with van der Waals surface area (Å²) < 4.78 is 10.8. The van der Waals surface area contributed by atoms with Crippen molar-refractivity contribution < 1.29 is 23.9 Å². The summed E-state index contributed by atoms with van der Waals surface area (Å²) in [5.41, 5.74) is -2.36. The number of esters is 1. The Morgan fingerprint density at radius 2 is 1.37 bits per heavy atom. The molecule has 0 fully saturated rings. The molecule has 1 N–H and O–H groups in total. The summed E-state index contributed by atoms with van der Waals surface area (Å²) >= 11 is 0. The summed E-state index contributed by atoms with van der Waals surface area (Å²) in [6.45, 7) is 23.5. The summed E-state index contributed by atoms with van der Waals surface area (Å²) in [7, 11) is 0. The Bertz CT molecular complexity index is 612. The number of ether oxygens (including phenoxy) is 2. The van der Waals surface area contributed by atoms with E-state index in [1.807, 2.05) is 48.5 Å². The standard InChI is InChI=1S/C24H45NO5/c1-17(27)30-24(11,12)14-21(5,6)13-18(25-19(28)20(2,3)4)22(7,8)15-23(9,10)29-16-26/h16,18H,13-15H2,1-12H3,(H,25,28). The van der Waals surface area contributed by atoms with Crippen molar-refractivity contribution in [2.45, 2.75) is 120 Å². The van der Waals surface area contributed by atoms with Gasteiger partial charge >= 0.3 is 5.97 Å². The predicted octanol–water partition coefficient (Wildman–Crippen LogP) is 5.03. The number of hydrogen-bond donors (Lipinski definition) is 1. The SMILES string of the molecule is CC(=O)OC(C)(C)CC(C)(C)CC(NC(=O)C(C)(C)C)C(C)(C)CC(C)(C)OC=O. The summed E-state index contributed by atoms with van der Waals surface area (Å²) in [6.07, 6.45) is 1.91. The molecule has 0 heterocycles. The van der Waals surface area contributed by atoms with Gasteiger partial charge in [0.05, 0.1) is 0 Å². The molecule has 30 heavy (non-hydrogen) atoms. The van der Waals surface area contributed by atoms with E-state index in [4.69, 9.17) is 9.47 Å². The summed E-state index contributed by atoms with van der Waals surface area (Å²) in [5, 5.41) is 3.25. The van der Waals surface area contributed by atoms with E-state index in [0.717, 1.165) is 0 Å². The van der Waals surface area contributed by atoms with Gasteiger partial charge in [-0.1, -0.05) is 48.5 Å². The first-order valence-corrected chi connectivity index (χ1v) is 10.7. The van der Waals surface area contributed by atoms with Gasteiger partial charge in [0.15, 0.2) is 0 Å². The summed E-state index contributed by atoms with van der Waals surface area (Å²) in [6, 6.07) is -0.165. The second-order valence-electron chi connectivity index (χ2n) is 12.3. The van der Waals surface area contributed by atoms with Crippen molar-refractivity contribution in [1.82, 2.24) is 5.32 Å². The van der Waals surface area contributed by atoms with Gasteiger partial charge in [-0.15, -0.1) is 0 Å². The molecule has 0 saturated carbocycles. The largest absolute Gasteiger partial charge is 0.462 e. The van der Waals surface area contributed by atoms with Crippen molar-refractivity contribution in [3.05, 3.63) is 0 Å². The first-order chi connectivity index (χ1) is 13.1. The van der Waals surface area contributed by atoms with Crippen molar-refractivity contribution in [2.75, 3.05) is 0 Å². The molecule has 1 amide bonds. The molecule has 6 nitrogen and oxygen atoms in total. The van der Waals surface area contributed by atoms with Gasteiger partial charge in [-0.3, -0.25) is 14.4 Å². The highest BCUT2D eigenvalue weighted by Gasteiger charge is 2.42. The van der Waals surface area contributed by atoms with Gasteiger partial charge in [0.1, 0.15) is 11.2 Å². The third kappa shape index (κ3) is 10.4. The van der Waals surface area contributed by atoms with Crippen molar-refractivity contribution in [3.63, 3.8) is 0 Å². The van der Waals surface area contributed by atoms with Gasteiger partial charge in [0, 0.05) is 18.4 Å². The van der Waals surface area contributed by atoms with E-state index in [2.05, 4.69) is 33.0 Å². The maximum atomic E-state index is 12.9. The Balaban J connectivity index is 5.81. The topological polar surface area (TPSA) is 81.7 Å². The van der Waals surface area contributed by atoms with Crippen LogP contribution in [0.3, 0.4) is 0 Å². The maximum absolute atomic E-state index is 12.9. The Kier molecular flexibility index (Phi) is 9.18. The van der Waals surface area contributed by atoms with Crippen LogP contribution in [0.4, 0.5) is 0 Å². The molecule has 0 aromatic carbocycles. The van der Waals surface area contributed by atoms with Crippen LogP contribution < -0.4 is 5.32 Å². The lowest BCUT2D eigenvalue weighted by Crippen LogP contribution is -2.53. The number of carbonyl (C=O) groups excluding carboxylic acids is 3. The fourth-order valence-corrected chi connectivity index (χ4v) is 4.49. The van der Waals surface area contributed by atoms with E-state index in [0.29, 0.717) is 25.7 Å². The molecule has 0 aliphatic rings. The Morgan fingerprint density at radius 3 is 1.77 bits per heavy atom. The molecule has 0 saturated heterocycles. The van der Waals surface area contributed by atoms with Crippen LogP contribution in [0.15, 0.2) is 0 Å². The van der Waals surface area contributed by atoms with Gasteiger partial charge in [-0.05, 0) is 57.8 Å². The Hall–Kier alpha value is -1.59. The zero-order valence-electron chi connectivity index (χ0n) is 21.3. The zero-order chi connectivity index (χ0) is 24.2. The van der Waals surface area contributed by atoms with E-state index >= 15 is 0 Å². The minimum atomic E-state index is -0.656.